The van der Waals surface area contributed by atoms with E-state index in [1.165, 1.54) is 0 Å². The maximum Gasteiger partial charge on any atom is 0.227 e. The molecule has 1 aromatic rings. The topological polar surface area (TPSA) is 63.4 Å². The molecule has 0 aromatic carbocycles. The third kappa shape index (κ3) is 2.90. The summed E-state index contributed by atoms with van der Waals surface area (Å²) in [6, 6.07) is 2.16. The van der Waals surface area contributed by atoms with Crippen LogP contribution in [0, 0.1) is 5.92 Å². The van der Waals surface area contributed by atoms with Crippen LogP contribution in [-0.2, 0) is 16.0 Å². The van der Waals surface area contributed by atoms with Crippen LogP contribution in [0.5, 0.6) is 0 Å². The molecule has 2 N–H and O–H groups in total. The van der Waals surface area contributed by atoms with E-state index in [1.807, 2.05) is 23.8 Å². The first kappa shape index (κ1) is 13.1. The molecule has 2 amide bonds. The van der Waals surface area contributed by atoms with Crippen molar-refractivity contribution in [3.63, 3.8) is 0 Å². The maximum atomic E-state index is 12.2. The molecule has 1 aliphatic heterocycles. The average molecular weight is 266 g/mol. The predicted octanol–water partition coefficient (Wildman–Crippen LogP) is 1.40. The second kappa shape index (κ2) is 5.52. The van der Waals surface area contributed by atoms with Crippen LogP contribution in [0.25, 0.3) is 0 Å². The molecule has 1 saturated heterocycles. The van der Waals surface area contributed by atoms with Crippen molar-refractivity contribution in [1.29, 1.82) is 0 Å². The monoisotopic (exact) mass is 266 g/mol. The molecule has 1 fully saturated rings. The van der Waals surface area contributed by atoms with Crippen molar-refractivity contribution in [2.45, 2.75) is 32.2 Å². The van der Waals surface area contributed by atoms with Crippen LogP contribution < -0.4 is 5.73 Å². The number of carbonyl (C=O) groups is 2. The van der Waals surface area contributed by atoms with Gasteiger partial charge in [-0.1, -0.05) is 0 Å². The van der Waals surface area contributed by atoms with Crippen molar-refractivity contribution in [3.8, 4) is 0 Å². The van der Waals surface area contributed by atoms with Gasteiger partial charge in [-0.15, -0.1) is 0 Å². The Morgan fingerprint density at radius 1 is 1.50 bits per heavy atom. The minimum atomic E-state index is -0.296. The molecule has 2 heterocycles. The fourth-order valence-electron chi connectivity index (χ4n) is 2.36. The first-order valence-corrected chi connectivity index (χ1v) is 7.12. The molecule has 4 nitrogen and oxygen atoms in total. The van der Waals surface area contributed by atoms with Crippen molar-refractivity contribution in [3.05, 3.63) is 22.4 Å². The third-order valence-corrected chi connectivity index (χ3v) is 4.27. The summed E-state index contributed by atoms with van der Waals surface area (Å²) in [7, 11) is 0. The van der Waals surface area contributed by atoms with Crippen molar-refractivity contribution in [1.82, 2.24) is 4.90 Å². The number of carbonyl (C=O) groups excluding carboxylic acids is 2. The number of amides is 2. The number of primary amides is 1. The van der Waals surface area contributed by atoms with Gasteiger partial charge >= 0.3 is 0 Å². The number of nitrogens with two attached hydrogens (primary N) is 1. The van der Waals surface area contributed by atoms with Gasteiger partial charge in [-0.25, -0.2) is 0 Å². The molecule has 1 aliphatic rings. The van der Waals surface area contributed by atoms with E-state index >= 15 is 0 Å². The van der Waals surface area contributed by atoms with Crippen LogP contribution >= 0.6 is 11.3 Å². The van der Waals surface area contributed by atoms with E-state index < -0.39 is 0 Å². The van der Waals surface area contributed by atoms with Gasteiger partial charge in [-0.3, -0.25) is 9.59 Å². The summed E-state index contributed by atoms with van der Waals surface area (Å²) in [5.74, 6) is -0.394. The Bertz CT molecular complexity index is 430. The van der Waals surface area contributed by atoms with Crippen LogP contribution in [0.4, 0.5) is 0 Å². The van der Waals surface area contributed by atoms with Crippen LogP contribution in [0.3, 0.4) is 0 Å². The van der Waals surface area contributed by atoms with E-state index in [2.05, 4.69) is 0 Å². The van der Waals surface area contributed by atoms with Crippen LogP contribution in [-0.4, -0.2) is 29.3 Å². The molecule has 0 bridgehead atoms. The molecular weight excluding hydrogens is 248 g/mol. The molecule has 1 aromatic heterocycles. The van der Waals surface area contributed by atoms with E-state index in [4.69, 9.17) is 5.73 Å². The predicted molar refractivity (Wildman–Crippen MR) is 71.1 cm³/mol. The first-order chi connectivity index (χ1) is 8.58. The Labute approximate surface area is 111 Å². The van der Waals surface area contributed by atoms with Crippen molar-refractivity contribution in [2.24, 2.45) is 11.7 Å². The summed E-state index contributed by atoms with van der Waals surface area (Å²) in [6.07, 6.45) is 2.06. The lowest BCUT2D eigenvalue weighted by Crippen LogP contribution is -2.49. The molecule has 0 radical (unpaired) electrons. The van der Waals surface area contributed by atoms with Gasteiger partial charge in [0, 0.05) is 12.6 Å². The standard InChI is InChI=1S/C13H18N2O2S/c1-9-2-3-11(13(14)17)7-15(9)12(16)6-10-4-5-18-8-10/h4-5,8-9,11H,2-3,6-7H2,1H3,(H2,14,17)/t9-,11-/m0/s1. The van der Waals surface area contributed by atoms with Crippen molar-refractivity contribution >= 4 is 23.2 Å². The number of nitrogens with zero attached hydrogens (tertiary/aromatic N) is 1. The normalized spacial score (nSPS) is 23.9. The van der Waals surface area contributed by atoms with Gasteiger partial charge in [0.1, 0.15) is 0 Å². The van der Waals surface area contributed by atoms with Gasteiger partial charge in [0.25, 0.3) is 0 Å². The Kier molecular flexibility index (Phi) is 4.01. The van der Waals surface area contributed by atoms with Crippen molar-refractivity contribution < 1.29 is 9.59 Å². The zero-order valence-corrected chi connectivity index (χ0v) is 11.3. The molecule has 0 saturated carbocycles. The number of rotatable bonds is 3. The molecular formula is C13H18N2O2S. The number of hydrogen-bond donors (Lipinski definition) is 1. The Hall–Kier alpha value is -1.36. The first-order valence-electron chi connectivity index (χ1n) is 6.17. The fourth-order valence-corrected chi connectivity index (χ4v) is 3.02. The van der Waals surface area contributed by atoms with E-state index in [0.29, 0.717) is 13.0 Å². The highest BCUT2D eigenvalue weighted by molar-refractivity contribution is 7.07. The smallest absolute Gasteiger partial charge is 0.227 e. The van der Waals surface area contributed by atoms with E-state index in [0.717, 1.165) is 18.4 Å². The average Bonchev–Trinajstić information content (AvgIpc) is 2.81. The second-order valence-corrected chi connectivity index (χ2v) is 5.66. The van der Waals surface area contributed by atoms with Gasteiger partial charge in [-0.05, 0) is 42.2 Å². The minimum absolute atomic E-state index is 0.0897. The molecule has 2 rings (SSSR count). The lowest BCUT2D eigenvalue weighted by atomic mass is 9.92. The number of piperidine rings is 1. The third-order valence-electron chi connectivity index (χ3n) is 3.54. The molecule has 0 spiro atoms. The van der Waals surface area contributed by atoms with Gasteiger partial charge < -0.3 is 10.6 Å². The van der Waals surface area contributed by atoms with E-state index in [9.17, 15) is 9.59 Å². The number of likely N-dealkylation sites (tertiary alicyclic amines) is 1. The second-order valence-electron chi connectivity index (χ2n) is 4.88. The van der Waals surface area contributed by atoms with Crippen LogP contribution in [0.1, 0.15) is 25.3 Å². The lowest BCUT2D eigenvalue weighted by molar-refractivity contribution is -0.136. The Balaban J connectivity index is 2.01. The lowest BCUT2D eigenvalue weighted by Gasteiger charge is -2.37. The summed E-state index contributed by atoms with van der Waals surface area (Å²) in [4.78, 5) is 25.3. The highest BCUT2D eigenvalue weighted by Crippen LogP contribution is 2.22. The van der Waals surface area contributed by atoms with Gasteiger partial charge in [0.2, 0.25) is 11.8 Å². The van der Waals surface area contributed by atoms with Gasteiger partial charge in [-0.2, -0.15) is 11.3 Å². The summed E-state index contributed by atoms with van der Waals surface area (Å²) in [5, 5.41) is 3.95. The molecule has 98 valence electrons. The SMILES string of the molecule is C[C@H]1CC[C@H](C(N)=O)CN1C(=O)Cc1ccsc1. The molecule has 18 heavy (non-hydrogen) atoms. The summed E-state index contributed by atoms with van der Waals surface area (Å²) < 4.78 is 0. The largest absolute Gasteiger partial charge is 0.369 e. The van der Waals surface area contributed by atoms with Crippen LogP contribution in [0.2, 0.25) is 0 Å². The highest BCUT2D eigenvalue weighted by Gasteiger charge is 2.31. The van der Waals surface area contributed by atoms with Gasteiger partial charge in [0.15, 0.2) is 0 Å². The van der Waals surface area contributed by atoms with Crippen LogP contribution in [0.15, 0.2) is 16.8 Å². The summed E-state index contributed by atoms with van der Waals surface area (Å²) in [5.41, 5.74) is 6.38. The van der Waals surface area contributed by atoms with Gasteiger partial charge in [0.05, 0.1) is 12.3 Å². The van der Waals surface area contributed by atoms with E-state index in [-0.39, 0.29) is 23.8 Å². The Morgan fingerprint density at radius 2 is 2.28 bits per heavy atom. The fraction of sp³-hybridized carbons (Fsp3) is 0.538. The van der Waals surface area contributed by atoms with Crippen molar-refractivity contribution in [2.75, 3.05) is 6.54 Å². The number of hydrogen-bond acceptors (Lipinski definition) is 3. The zero-order chi connectivity index (χ0) is 13.1. The van der Waals surface area contributed by atoms with E-state index in [1.54, 1.807) is 16.2 Å². The quantitative estimate of drug-likeness (QED) is 0.899. The maximum absolute atomic E-state index is 12.2. The molecule has 5 heteroatoms. The molecule has 2 atom stereocenters. The highest BCUT2D eigenvalue weighted by atomic mass is 32.1. The summed E-state index contributed by atoms with van der Waals surface area (Å²) >= 11 is 1.59. The molecule has 0 unspecified atom stereocenters. The summed E-state index contributed by atoms with van der Waals surface area (Å²) in [6.45, 7) is 2.50. The zero-order valence-electron chi connectivity index (χ0n) is 10.5. The Morgan fingerprint density at radius 3 is 2.89 bits per heavy atom. The number of thiophene rings is 1. The minimum Gasteiger partial charge on any atom is -0.369 e. The molecule has 0 aliphatic carbocycles.